The molecular formula is C30H23F3N2O5. The second-order valence-corrected chi connectivity index (χ2v) is 9.79. The summed E-state index contributed by atoms with van der Waals surface area (Å²) in [7, 11) is 2.88. The number of methoxy groups -OCH3 is 2. The van der Waals surface area contributed by atoms with Crippen LogP contribution in [-0.4, -0.2) is 42.8 Å². The molecule has 3 aliphatic heterocycles. The number of carbonyl (C=O) groups excluding carboxylic acids is 3. The van der Waals surface area contributed by atoms with E-state index in [0.29, 0.717) is 16.4 Å². The molecule has 2 amide bonds. The van der Waals surface area contributed by atoms with Crippen molar-refractivity contribution in [1.29, 1.82) is 0 Å². The Morgan fingerprint density at radius 1 is 0.850 bits per heavy atom. The lowest BCUT2D eigenvalue weighted by atomic mass is 9.83. The largest absolute Gasteiger partial charge is 0.493 e. The van der Waals surface area contributed by atoms with Crippen molar-refractivity contribution in [3.63, 3.8) is 0 Å². The number of rotatable bonds is 5. The van der Waals surface area contributed by atoms with Gasteiger partial charge < -0.3 is 14.4 Å². The summed E-state index contributed by atoms with van der Waals surface area (Å²) in [4.78, 5) is 44.4. The monoisotopic (exact) mass is 548 g/mol. The van der Waals surface area contributed by atoms with Crippen molar-refractivity contribution in [1.82, 2.24) is 4.90 Å². The van der Waals surface area contributed by atoms with Crippen LogP contribution >= 0.6 is 0 Å². The average Bonchev–Trinajstić information content (AvgIpc) is 3.43. The van der Waals surface area contributed by atoms with Crippen LogP contribution in [0.25, 0.3) is 6.08 Å². The summed E-state index contributed by atoms with van der Waals surface area (Å²) < 4.78 is 52.4. The molecule has 0 unspecified atom stereocenters. The van der Waals surface area contributed by atoms with Gasteiger partial charge in [-0.3, -0.25) is 14.4 Å². The maximum Gasteiger partial charge on any atom is 0.418 e. The number of halogens is 3. The van der Waals surface area contributed by atoms with Crippen LogP contribution in [0, 0.1) is 11.8 Å². The molecule has 10 heteroatoms. The van der Waals surface area contributed by atoms with Crippen LogP contribution < -0.4 is 14.4 Å². The van der Waals surface area contributed by atoms with Crippen LogP contribution in [0.1, 0.15) is 33.1 Å². The first kappa shape index (κ1) is 25.7. The number of fused-ring (bicyclic) bond motifs is 5. The van der Waals surface area contributed by atoms with E-state index in [1.165, 1.54) is 38.5 Å². The quantitative estimate of drug-likeness (QED) is 0.326. The molecule has 3 aliphatic rings. The summed E-state index contributed by atoms with van der Waals surface area (Å²) in [5.41, 5.74) is 0.0951. The van der Waals surface area contributed by atoms with Crippen LogP contribution in [0.3, 0.4) is 0 Å². The molecule has 3 heterocycles. The standard InChI is InChI=1S/C30H23F3N2O5/c1-39-21-12-11-17(15-22(21)40-2)27(36)26-24-23(25-18-8-4-3-7-16(18)13-14-34(25)26)28(37)35(29(24)38)20-10-6-5-9-19(20)30(31,32)33/h3-15,23-26H,1-2H3/t23-,24+,25+,26-/m0/s1. The van der Waals surface area contributed by atoms with Crippen LogP contribution in [0.5, 0.6) is 11.5 Å². The Bertz CT molecular complexity index is 1580. The predicted octanol–water partition coefficient (Wildman–Crippen LogP) is 5.12. The molecule has 0 N–H and O–H groups in total. The van der Waals surface area contributed by atoms with E-state index in [1.807, 2.05) is 12.1 Å². The zero-order valence-corrected chi connectivity index (χ0v) is 21.4. The van der Waals surface area contributed by atoms with Crippen molar-refractivity contribution in [2.24, 2.45) is 11.8 Å². The van der Waals surface area contributed by atoms with Crippen LogP contribution in [0.4, 0.5) is 18.9 Å². The van der Waals surface area contributed by atoms with Gasteiger partial charge >= 0.3 is 6.18 Å². The number of ketones is 1. The molecule has 7 nitrogen and oxygen atoms in total. The number of imide groups is 1. The van der Waals surface area contributed by atoms with Gasteiger partial charge in [0.1, 0.15) is 6.04 Å². The van der Waals surface area contributed by atoms with Crippen molar-refractivity contribution in [3.05, 3.63) is 95.2 Å². The number of ether oxygens (including phenoxy) is 2. The molecular weight excluding hydrogens is 525 g/mol. The smallest absolute Gasteiger partial charge is 0.418 e. The fourth-order valence-electron chi connectivity index (χ4n) is 6.16. The highest BCUT2D eigenvalue weighted by atomic mass is 19.4. The van der Waals surface area contributed by atoms with Gasteiger partial charge in [0.05, 0.1) is 43.3 Å². The highest BCUT2D eigenvalue weighted by Crippen LogP contribution is 2.54. The number of para-hydroxylation sites is 1. The van der Waals surface area contributed by atoms with Gasteiger partial charge in [-0.2, -0.15) is 13.2 Å². The number of anilines is 1. The highest BCUT2D eigenvalue weighted by molar-refractivity contribution is 6.25. The lowest BCUT2D eigenvalue weighted by molar-refractivity contribution is -0.137. The molecule has 2 fully saturated rings. The fraction of sp³-hybridized carbons (Fsp3) is 0.233. The molecule has 0 aliphatic carbocycles. The number of Topliss-reactive ketones (excluding diaryl/α,β-unsaturated/α-hetero) is 1. The van der Waals surface area contributed by atoms with Gasteiger partial charge in [0.2, 0.25) is 11.8 Å². The number of hydrogen-bond acceptors (Lipinski definition) is 6. The third kappa shape index (κ3) is 3.70. The van der Waals surface area contributed by atoms with E-state index >= 15 is 0 Å². The number of carbonyl (C=O) groups is 3. The predicted molar refractivity (Wildman–Crippen MR) is 139 cm³/mol. The lowest BCUT2D eigenvalue weighted by Gasteiger charge is -2.35. The first-order chi connectivity index (χ1) is 19.2. The third-order valence-corrected chi connectivity index (χ3v) is 7.85. The van der Waals surface area contributed by atoms with Gasteiger partial charge in [-0.15, -0.1) is 0 Å². The van der Waals surface area contributed by atoms with Gasteiger partial charge in [-0.25, -0.2) is 4.90 Å². The van der Waals surface area contributed by atoms with Crippen LogP contribution in [0.15, 0.2) is 72.9 Å². The lowest BCUT2D eigenvalue weighted by Crippen LogP contribution is -2.44. The minimum Gasteiger partial charge on any atom is -0.493 e. The summed E-state index contributed by atoms with van der Waals surface area (Å²) >= 11 is 0. The Hall–Kier alpha value is -4.60. The van der Waals surface area contributed by atoms with E-state index < -0.39 is 58.9 Å². The maximum atomic E-state index is 14.1. The normalized spacial score (nSPS) is 23.1. The summed E-state index contributed by atoms with van der Waals surface area (Å²) in [6.45, 7) is 0. The maximum absolute atomic E-state index is 14.1. The average molecular weight is 549 g/mol. The third-order valence-electron chi connectivity index (χ3n) is 7.85. The molecule has 0 spiro atoms. The second-order valence-electron chi connectivity index (χ2n) is 9.79. The Morgan fingerprint density at radius 3 is 2.25 bits per heavy atom. The molecule has 204 valence electrons. The topological polar surface area (TPSA) is 76.2 Å². The Kier molecular flexibility index (Phi) is 5.94. The molecule has 6 rings (SSSR count). The zero-order chi connectivity index (χ0) is 28.3. The van der Waals surface area contributed by atoms with E-state index in [0.717, 1.165) is 23.3 Å². The first-order valence-electron chi connectivity index (χ1n) is 12.5. The van der Waals surface area contributed by atoms with E-state index in [1.54, 1.807) is 35.4 Å². The zero-order valence-electron chi connectivity index (χ0n) is 21.4. The van der Waals surface area contributed by atoms with Gasteiger partial charge in [0.15, 0.2) is 17.3 Å². The van der Waals surface area contributed by atoms with Crippen molar-refractivity contribution in [2.45, 2.75) is 18.3 Å². The number of nitrogens with zero attached hydrogens (tertiary/aromatic N) is 2. The molecule has 3 aromatic rings. The SMILES string of the molecule is COc1ccc(C(=O)[C@@H]2[C@@H]3C(=O)N(c4ccccc4C(F)(F)F)C(=O)[C@@H]3[C@H]3c4ccccc4C=CN23)cc1OC. The van der Waals surface area contributed by atoms with E-state index in [4.69, 9.17) is 9.47 Å². The minimum atomic E-state index is -4.80. The minimum absolute atomic E-state index is 0.212. The Morgan fingerprint density at radius 2 is 1.52 bits per heavy atom. The molecule has 0 bridgehead atoms. The molecule has 40 heavy (non-hydrogen) atoms. The van der Waals surface area contributed by atoms with E-state index in [-0.39, 0.29) is 5.56 Å². The molecule has 3 aromatic carbocycles. The highest BCUT2D eigenvalue weighted by Gasteiger charge is 2.65. The number of alkyl halides is 3. The summed E-state index contributed by atoms with van der Waals surface area (Å²) in [6.07, 6.45) is -1.31. The van der Waals surface area contributed by atoms with Gasteiger partial charge in [0.25, 0.3) is 0 Å². The van der Waals surface area contributed by atoms with Crippen molar-refractivity contribution in [2.75, 3.05) is 19.1 Å². The Labute approximate surface area is 227 Å². The second kappa shape index (κ2) is 9.25. The number of benzene rings is 3. The Balaban J connectivity index is 1.50. The number of amides is 2. The summed E-state index contributed by atoms with van der Waals surface area (Å²) in [6, 6.07) is 14.5. The van der Waals surface area contributed by atoms with Crippen LogP contribution in [0.2, 0.25) is 0 Å². The van der Waals surface area contributed by atoms with Crippen molar-refractivity contribution in [3.8, 4) is 11.5 Å². The molecule has 0 radical (unpaired) electrons. The van der Waals surface area contributed by atoms with Crippen LogP contribution in [-0.2, 0) is 15.8 Å². The number of hydrogen-bond donors (Lipinski definition) is 0. The molecule has 0 aromatic heterocycles. The fourth-order valence-corrected chi connectivity index (χ4v) is 6.16. The first-order valence-corrected chi connectivity index (χ1v) is 12.5. The van der Waals surface area contributed by atoms with Gasteiger partial charge in [-0.1, -0.05) is 36.4 Å². The van der Waals surface area contributed by atoms with Crippen molar-refractivity contribution >= 4 is 29.4 Å². The summed E-state index contributed by atoms with van der Waals surface area (Å²) in [5, 5.41) is 0. The van der Waals surface area contributed by atoms with Crippen molar-refractivity contribution < 1.29 is 37.0 Å². The van der Waals surface area contributed by atoms with Gasteiger partial charge in [0, 0.05) is 11.8 Å². The molecule has 0 saturated carbocycles. The molecule has 4 atom stereocenters. The molecule has 2 saturated heterocycles. The van der Waals surface area contributed by atoms with E-state index in [9.17, 15) is 27.6 Å². The van der Waals surface area contributed by atoms with E-state index in [2.05, 4.69) is 0 Å². The summed E-state index contributed by atoms with van der Waals surface area (Å²) in [5.74, 6) is -3.66. The van der Waals surface area contributed by atoms with Gasteiger partial charge in [-0.05, 0) is 47.5 Å².